The molecule has 0 aliphatic carbocycles. The lowest BCUT2D eigenvalue weighted by molar-refractivity contribution is 0.669. The van der Waals surface area contributed by atoms with E-state index in [4.69, 9.17) is 14.4 Å². The summed E-state index contributed by atoms with van der Waals surface area (Å²) in [5.41, 5.74) is 6.95. The van der Waals surface area contributed by atoms with Gasteiger partial charge in [-0.3, -0.25) is 0 Å². The van der Waals surface area contributed by atoms with Crippen LogP contribution in [0.1, 0.15) is 22.9 Å². The summed E-state index contributed by atoms with van der Waals surface area (Å²) in [5.74, 6) is 1.55. The number of rotatable bonds is 4. The molecule has 4 heteroatoms. The first-order valence-electron chi connectivity index (χ1n) is 13.8. The first-order valence-corrected chi connectivity index (χ1v) is 13.8. The van der Waals surface area contributed by atoms with E-state index < -0.39 is 0 Å². The first-order chi connectivity index (χ1) is 20.3. The summed E-state index contributed by atoms with van der Waals surface area (Å²) in [6.07, 6.45) is -0.375. The van der Waals surface area contributed by atoms with Crippen LogP contribution in [-0.2, 0) is 0 Å². The molecule has 41 heavy (non-hydrogen) atoms. The largest absolute Gasteiger partial charge is 0.456 e. The Balaban J connectivity index is 1.32. The maximum absolute atomic E-state index is 6.40. The van der Waals surface area contributed by atoms with Crippen LogP contribution in [0.2, 0.25) is 0 Å². The smallest absolute Gasteiger partial charge is 0.169 e. The number of nitrogens with one attached hydrogen (secondary N) is 1. The Bertz CT molecular complexity index is 2120. The van der Waals surface area contributed by atoms with Crippen LogP contribution in [0.3, 0.4) is 0 Å². The molecule has 8 rings (SSSR count). The van der Waals surface area contributed by atoms with Gasteiger partial charge >= 0.3 is 0 Å². The van der Waals surface area contributed by atoms with E-state index in [1.807, 2.05) is 36.4 Å². The zero-order chi connectivity index (χ0) is 27.2. The minimum Gasteiger partial charge on any atom is -0.456 e. The molecule has 1 aromatic heterocycles. The molecule has 0 saturated heterocycles. The molecule has 0 radical (unpaired) electrons. The van der Waals surface area contributed by atoms with Crippen molar-refractivity contribution in [3.05, 3.63) is 156 Å². The van der Waals surface area contributed by atoms with Crippen molar-refractivity contribution in [3.63, 3.8) is 0 Å². The number of hydrogen-bond donors (Lipinski definition) is 1. The molecular formula is C37H25N3O. The minimum atomic E-state index is -0.375. The molecule has 0 amide bonds. The van der Waals surface area contributed by atoms with E-state index in [9.17, 15) is 0 Å². The second kappa shape index (κ2) is 9.61. The molecular weight excluding hydrogens is 502 g/mol. The van der Waals surface area contributed by atoms with Crippen molar-refractivity contribution in [1.29, 1.82) is 0 Å². The van der Waals surface area contributed by atoms with Gasteiger partial charge in [-0.25, -0.2) is 9.98 Å². The molecule has 194 valence electrons. The van der Waals surface area contributed by atoms with Gasteiger partial charge < -0.3 is 9.73 Å². The van der Waals surface area contributed by atoms with Crippen LogP contribution in [0.5, 0.6) is 0 Å². The Labute approximate surface area is 237 Å². The second-order valence-electron chi connectivity index (χ2n) is 10.3. The van der Waals surface area contributed by atoms with E-state index in [-0.39, 0.29) is 6.17 Å². The highest BCUT2D eigenvalue weighted by Gasteiger charge is 2.23. The number of fused-ring (bicyclic) bond motifs is 4. The molecule has 0 saturated carbocycles. The van der Waals surface area contributed by atoms with Gasteiger partial charge in [0.15, 0.2) is 6.17 Å². The van der Waals surface area contributed by atoms with Gasteiger partial charge in [0.2, 0.25) is 0 Å². The van der Waals surface area contributed by atoms with Gasteiger partial charge in [-0.15, -0.1) is 0 Å². The Kier molecular flexibility index (Phi) is 5.49. The number of para-hydroxylation sites is 1. The van der Waals surface area contributed by atoms with Crippen LogP contribution in [0.25, 0.3) is 43.8 Å². The van der Waals surface area contributed by atoms with Gasteiger partial charge in [0.25, 0.3) is 0 Å². The van der Waals surface area contributed by atoms with Crippen molar-refractivity contribution in [2.24, 2.45) is 9.98 Å². The molecule has 4 nitrogen and oxygen atoms in total. The molecule has 0 fully saturated rings. The van der Waals surface area contributed by atoms with Crippen molar-refractivity contribution in [2.45, 2.75) is 6.17 Å². The normalized spacial score (nSPS) is 15.1. The average Bonchev–Trinajstić information content (AvgIpc) is 3.43. The lowest BCUT2D eigenvalue weighted by Gasteiger charge is -2.23. The van der Waals surface area contributed by atoms with Crippen molar-refractivity contribution >= 4 is 44.4 Å². The third-order valence-corrected chi connectivity index (χ3v) is 7.70. The predicted molar refractivity (Wildman–Crippen MR) is 168 cm³/mol. The number of aliphatic imine (C=N–C) groups is 2. The number of amidine groups is 2. The molecule has 2 heterocycles. The molecule has 7 aromatic rings. The van der Waals surface area contributed by atoms with Gasteiger partial charge in [-0.2, -0.15) is 0 Å². The molecule has 1 aliphatic heterocycles. The minimum absolute atomic E-state index is 0.375. The summed E-state index contributed by atoms with van der Waals surface area (Å²) in [4.78, 5) is 10.2. The van der Waals surface area contributed by atoms with Crippen LogP contribution >= 0.6 is 0 Å². The van der Waals surface area contributed by atoms with Crippen molar-refractivity contribution in [2.75, 3.05) is 0 Å². The zero-order valence-electron chi connectivity index (χ0n) is 22.2. The maximum atomic E-state index is 6.40. The van der Waals surface area contributed by atoms with Gasteiger partial charge in [0, 0.05) is 21.9 Å². The van der Waals surface area contributed by atoms with Gasteiger partial charge in [-0.05, 0) is 51.7 Å². The van der Waals surface area contributed by atoms with Crippen LogP contribution in [0.4, 0.5) is 0 Å². The molecule has 0 spiro atoms. The van der Waals surface area contributed by atoms with Crippen molar-refractivity contribution < 1.29 is 4.42 Å². The van der Waals surface area contributed by atoms with Crippen LogP contribution in [0.15, 0.2) is 154 Å². The van der Waals surface area contributed by atoms with Crippen LogP contribution in [0, 0.1) is 0 Å². The summed E-state index contributed by atoms with van der Waals surface area (Å²) >= 11 is 0. The molecule has 1 unspecified atom stereocenters. The Hall–Kier alpha value is -5.48. The fourth-order valence-corrected chi connectivity index (χ4v) is 5.69. The van der Waals surface area contributed by atoms with E-state index in [0.29, 0.717) is 0 Å². The van der Waals surface area contributed by atoms with E-state index >= 15 is 0 Å². The predicted octanol–water partition coefficient (Wildman–Crippen LogP) is 8.90. The highest BCUT2D eigenvalue weighted by molar-refractivity contribution is 6.20. The van der Waals surface area contributed by atoms with Crippen LogP contribution < -0.4 is 5.32 Å². The number of furan rings is 1. The molecule has 1 aliphatic rings. The monoisotopic (exact) mass is 527 g/mol. The van der Waals surface area contributed by atoms with Gasteiger partial charge in [0.05, 0.1) is 0 Å². The number of hydrogen-bond acceptors (Lipinski definition) is 4. The van der Waals surface area contributed by atoms with Crippen molar-refractivity contribution in [1.82, 2.24) is 5.32 Å². The zero-order valence-corrected chi connectivity index (χ0v) is 22.2. The number of benzene rings is 6. The topological polar surface area (TPSA) is 49.9 Å². The lowest BCUT2D eigenvalue weighted by Crippen LogP contribution is -2.36. The standard InChI is InChI=1S/C37H25N3O/c1-3-12-25(13-4-1)31-22-29(23-33-34(31)30-17-9-10-18-32(30)41-33)37-39-35(26-14-5-2-6-15-26)38-36(40-37)28-20-19-24-11-7-8-16-27(24)21-28/h1-23,35H,(H,38,39,40). The Morgan fingerprint density at radius 1 is 0.512 bits per heavy atom. The molecule has 1 atom stereocenters. The second-order valence-corrected chi connectivity index (χ2v) is 10.3. The quantitative estimate of drug-likeness (QED) is 0.248. The van der Waals surface area contributed by atoms with E-state index in [1.54, 1.807) is 0 Å². The maximum Gasteiger partial charge on any atom is 0.169 e. The summed E-state index contributed by atoms with van der Waals surface area (Å²) in [6, 6.07) is 48.1. The summed E-state index contributed by atoms with van der Waals surface area (Å²) in [5, 5.41) is 8.17. The lowest BCUT2D eigenvalue weighted by atomic mass is 9.96. The first kappa shape index (κ1) is 23.4. The van der Waals surface area contributed by atoms with E-state index in [2.05, 4.69) is 108 Å². The van der Waals surface area contributed by atoms with E-state index in [1.165, 1.54) is 10.8 Å². The third-order valence-electron chi connectivity index (χ3n) is 7.70. The summed E-state index contributed by atoms with van der Waals surface area (Å²) in [7, 11) is 0. The van der Waals surface area contributed by atoms with Crippen LogP contribution in [-0.4, -0.2) is 11.7 Å². The molecule has 1 N–H and O–H groups in total. The van der Waals surface area contributed by atoms with E-state index in [0.717, 1.165) is 61.4 Å². The Morgan fingerprint density at radius 3 is 2.02 bits per heavy atom. The fourth-order valence-electron chi connectivity index (χ4n) is 5.69. The highest BCUT2D eigenvalue weighted by Crippen LogP contribution is 2.38. The Morgan fingerprint density at radius 2 is 1.20 bits per heavy atom. The fraction of sp³-hybridized carbons (Fsp3) is 0.0270. The SMILES string of the molecule is c1ccc(-c2cc(C3=NC(c4ccccc4)N=C(c4ccc5ccccc5c4)N3)cc3oc4ccccc4c23)cc1. The average molecular weight is 528 g/mol. The highest BCUT2D eigenvalue weighted by atomic mass is 16.3. The third kappa shape index (κ3) is 4.17. The summed E-state index contributed by atoms with van der Waals surface area (Å²) in [6.45, 7) is 0. The van der Waals surface area contributed by atoms with Gasteiger partial charge in [-0.1, -0.05) is 115 Å². The summed E-state index contributed by atoms with van der Waals surface area (Å²) < 4.78 is 6.40. The number of nitrogens with zero attached hydrogens (tertiary/aromatic N) is 2. The van der Waals surface area contributed by atoms with Gasteiger partial charge in [0.1, 0.15) is 22.8 Å². The van der Waals surface area contributed by atoms with Crippen molar-refractivity contribution in [3.8, 4) is 11.1 Å². The molecule has 6 aromatic carbocycles. The molecule has 0 bridgehead atoms.